The SMILES string of the molecule is CC(C)Oc1ccc(-c2cccc(C=O)c2)cc1CNC(=O)c1ccc(Cl)cc1Cl. The molecule has 0 spiro atoms. The standard InChI is InChI=1S/C24H21Cl2NO3/c1-15(2)30-23-9-6-18(17-5-3-4-16(10-17)14-28)11-19(23)13-27-24(29)21-8-7-20(25)12-22(21)26/h3-12,14-15H,13H2,1-2H3,(H,27,29). The highest BCUT2D eigenvalue weighted by Gasteiger charge is 2.13. The number of halogens is 2. The van der Waals surface area contributed by atoms with E-state index < -0.39 is 0 Å². The number of benzene rings is 3. The minimum absolute atomic E-state index is 0.0191. The lowest BCUT2D eigenvalue weighted by molar-refractivity contribution is 0.0950. The number of carbonyl (C=O) groups excluding carboxylic acids is 2. The summed E-state index contributed by atoms with van der Waals surface area (Å²) in [4.78, 5) is 23.7. The van der Waals surface area contributed by atoms with E-state index in [2.05, 4.69) is 5.32 Å². The van der Waals surface area contributed by atoms with Crippen LogP contribution in [0.2, 0.25) is 10.0 Å². The molecule has 0 fully saturated rings. The first kappa shape index (κ1) is 21.9. The molecule has 3 rings (SSSR count). The van der Waals surface area contributed by atoms with E-state index in [0.717, 1.165) is 23.0 Å². The van der Waals surface area contributed by atoms with Crippen molar-refractivity contribution in [1.29, 1.82) is 0 Å². The summed E-state index contributed by atoms with van der Waals surface area (Å²) in [5.41, 5.74) is 3.59. The van der Waals surface area contributed by atoms with Crippen LogP contribution >= 0.6 is 23.2 Å². The Morgan fingerprint density at radius 1 is 1.03 bits per heavy atom. The average Bonchev–Trinajstić information content (AvgIpc) is 2.72. The number of ether oxygens (including phenoxy) is 1. The molecule has 0 aliphatic heterocycles. The van der Waals surface area contributed by atoms with Gasteiger partial charge in [0.15, 0.2) is 0 Å². The first-order valence-electron chi connectivity index (χ1n) is 9.46. The minimum Gasteiger partial charge on any atom is -0.491 e. The smallest absolute Gasteiger partial charge is 0.253 e. The molecule has 1 N–H and O–H groups in total. The van der Waals surface area contributed by atoms with Gasteiger partial charge in [-0.3, -0.25) is 9.59 Å². The number of rotatable bonds is 7. The maximum Gasteiger partial charge on any atom is 0.253 e. The van der Waals surface area contributed by atoms with Gasteiger partial charge in [0.25, 0.3) is 5.91 Å². The van der Waals surface area contributed by atoms with Gasteiger partial charge in [-0.2, -0.15) is 0 Å². The third kappa shape index (κ3) is 5.41. The molecule has 0 saturated carbocycles. The van der Waals surface area contributed by atoms with Crippen molar-refractivity contribution in [2.75, 3.05) is 0 Å². The average molecular weight is 442 g/mol. The molecule has 0 saturated heterocycles. The van der Waals surface area contributed by atoms with Gasteiger partial charge in [-0.05, 0) is 61.4 Å². The van der Waals surface area contributed by atoms with Crippen molar-refractivity contribution < 1.29 is 14.3 Å². The Hall–Kier alpha value is -2.82. The zero-order valence-corrected chi connectivity index (χ0v) is 18.1. The van der Waals surface area contributed by atoms with Crippen molar-refractivity contribution >= 4 is 35.4 Å². The summed E-state index contributed by atoms with van der Waals surface area (Å²) in [6.45, 7) is 4.13. The van der Waals surface area contributed by atoms with E-state index in [-0.39, 0.29) is 23.6 Å². The molecule has 0 aliphatic rings. The Bertz CT molecular complexity index is 1080. The van der Waals surface area contributed by atoms with E-state index in [0.29, 0.717) is 21.9 Å². The van der Waals surface area contributed by atoms with E-state index in [4.69, 9.17) is 27.9 Å². The zero-order chi connectivity index (χ0) is 21.7. The van der Waals surface area contributed by atoms with Crippen LogP contribution in [-0.2, 0) is 6.54 Å². The summed E-state index contributed by atoms with van der Waals surface area (Å²) in [7, 11) is 0. The first-order valence-corrected chi connectivity index (χ1v) is 10.2. The number of nitrogens with one attached hydrogen (secondary N) is 1. The number of hydrogen-bond acceptors (Lipinski definition) is 3. The number of amides is 1. The summed E-state index contributed by atoms with van der Waals surface area (Å²) in [6.07, 6.45) is 0.797. The molecule has 4 nitrogen and oxygen atoms in total. The maximum absolute atomic E-state index is 12.6. The first-order chi connectivity index (χ1) is 14.4. The van der Waals surface area contributed by atoms with Gasteiger partial charge in [0.05, 0.1) is 16.7 Å². The topological polar surface area (TPSA) is 55.4 Å². The molecule has 0 radical (unpaired) electrons. The molecule has 1 amide bonds. The highest BCUT2D eigenvalue weighted by molar-refractivity contribution is 6.36. The van der Waals surface area contributed by atoms with Gasteiger partial charge in [-0.15, -0.1) is 0 Å². The van der Waals surface area contributed by atoms with Crippen molar-refractivity contribution in [3.05, 3.63) is 87.4 Å². The Morgan fingerprint density at radius 3 is 2.50 bits per heavy atom. The molecule has 3 aromatic rings. The fourth-order valence-electron chi connectivity index (χ4n) is 3.00. The van der Waals surface area contributed by atoms with Crippen LogP contribution in [0.25, 0.3) is 11.1 Å². The van der Waals surface area contributed by atoms with Crippen LogP contribution in [0.1, 0.15) is 40.1 Å². The Labute approximate surface area is 185 Å². The quantitative estimate of drug-likeness (QED) is 0.444. The van der Waals surface area contributed by atoms with Gasteiger partial charge in [0.1, 0.15) is 12.0 Å². The summed E-state index contributed by atoms with van der Waals surface area (Å²) in [5.74, 6) is 0.378. The van der Waals surface area contributed by atoms with E-state index in [1.54, 1.807) is 18.2 Å². The van der Waals surface area contributed by atoms with Crippen LogP contribution in [-0.4, -0.2) is 18.3 Å². The molecular formula is C24H21Cl2NO3. The monoisotopic (exact) mass is 441 g/mol. The van der Waals surface area contributed by atoms with Crippen molar-refractivity contribution in [1.82, 2.24) is 5.32 Å². The lowest BCUT2D eigenvalue weighted by atomic mass is 10.0. The highest BCUT2D eigenvalue weighted by atomic mass is 35.5. The minimum atomic E-state index is -0.305. The van der Waals surface area contributed by atoms with Gasteiger partial charge >= 0.3 is 0 Å². The lowest BCUT2D eigenvalue weighted by Crippen LogP contribution is -2.23. The Kier molecular flexibility index (Phi) is 7.14. The normalized spacial score (nSPS) is 10.7. The van der Waals surface area contributed by atoms with Gasteiger partial charge < -0.3 is 10.1 Å². The van der Waals surface area contributed by atoms with Crippen LogP contribution in [0.15, 0.2) is 60.7 Å². The third-order valence-corrected chi connectivity index (χ3v) is 4.94. The predicted molar refractivity (Wildman–Crippen MR) is 121 cm³/mol. The van der Waals surface area contributed by atoms with Gasteiger partial charge in [0.2, 0.25) is 0 Å². The maximum atomic E-state index is 12.6. The van der Waals surface area contributed by atoms with E-state index in [1.807, 2.05) is 50.2 Å². The van der Waals surface area contributed by atoms with E-state index >= 15 is 0 Å². The molecule has 30 heavy (non-hydrogen) atoms. The van der Waals surface area contributed by atoms with Crippen LogP contribution in [0.3, 0.4) is 0 Å². The van der Waals surface area contributed by atoms with Crippen LogP contribution in [0.4, 0.5) is 0 Å². The van der Waals surface area contributed by atoms with Crippen LogP contribution in [0.5, 0.6) is 5.75 Å². The summed E-state index contributed by atoms with van der Waals surface area (Å²) < 4.78 is 5.91. The molecule has 0 aromatic heterocycles. The summed E-state index contributed by atoms with van der Waals surface area (Å²) in [6, 6.07) is 17.8. The number of aldehydes is 1. The van der Waals surface area contributed by atoms with Crippen molar-refractivity contribution in [2.45, 2.75) is 26.5 Å². The molecule has 0 unspecified atom stereocenters. The molecule has 154 valence electrons. The fourth-order valence-corrected chi connectivity index (χ4v) is 3.50. The lowest BCUT2D eigenvalue weighted by Gasteiger charge is -2.16. The number of carbonyl (C=O) groups is 2. The molecule has 6 heteroatoms. The summed E-state index contributed by atoms with van der Waals surface area (Å²) in [5, 5.41) is 3.64. The summed E-state index contributed by atoms with van der Waals surface area (Å²) >= 11 is 12.0. The largest absolute Gasteiger partial charge is 0.491 e. The van der Waals surface area contributed by atoms with Crippen molar-refractivity contribution in [2.24, 2.45) is 0 Å². The van der Waals surface area contributed by atoms with Crippen LogP contribution in [0, 0.1) is 0 Å². The van der Waals surface area contributed by atoms with Gasteiger partial charge in [-0.25, -0.2) is 0 Å². The Balaban J connectivity index is 1.88. The molecular weight excluding hydrogens is 421 g/mol. The fraction of sp³-hybridized carbons (Fsp3) is 0.167. The second-order valence-corrected chi connectivity index (χ2v) is 7.88. The van der Waals surface area contributed by atoms with Crippen LogP contribution < -0.4 is 10.1 Å². The number of hydrogen-bond donors (Lipinski definition) is 1. The molecule has 0 atom stereocenters. The molecule has 3 aromatic carbocycles. The molecule has 0 heterocycles. The van der Waals surface area contributed by atoms with Gasteiger partial charge in [-0.1, -0.05) is 47.5 Å². The predicted octanol–water partition coefficient (Wildman–Crippen LogP) is 6.19. The van der Waals surface area contributed by atoms with Crippen molar-refractivity contribution in [3.8, 4) is 16.9 Å². The van der Waals surface area contributed by atoms with Crippen molar-refractivity contribution in [3.63, 3.8) is 0 Å². The molecule has 0 bridgehead atoms. The second-order valence-electron chi connectivity index (χ2n) is 7.04. The Morgan fingerprint density at radius 2 is 1.80 bits per heavy atom. The highest BCUT2D eigenvalue weighted by Crippen LogP contribution is 2.28. The van der Waals surface area contributed by atoms with Gasteiger partial charge in [0, 0.05) is 22.7 Å². The van der Waals surface area contributed by atoms with E-state index in [9.17, 15) is 9.59 Å². The second kappa shape index (κ2) is 9.79. The zero-order valence-electron chi connectivity index (χ0n) is 16.6. The molecule has 0 aliphatic carbocycles. The van der Waals surface area contributed by atoms with E-state index in [1.165, 1.54) is 6.07 Å². The third-order valence-electron chi connectivity index (χ3n) is 4.39.